The summed E-state index contributed by atoms with van der Waals surface area (Å²) in [4.78, 5) is 30.3. The van der Waals surface area contributed by atoms with Crippen LogP contribution in [-0.4, -0.2) is 31.4 Å². The fourth-order valence-corrected chi connectivity index (χ4v) is 3.05. The maximum absolute atomic E-state index is 12.5. The molecule has 7 heteroatoms. The molecule has 1 aliphatic rings. The average Bonchev–Trinajstić information content (AvgIpc) is 2.65. The third-order valence-corrected chi connectivity index (χ3v) is 4.33. The van der Waals surface area contributed by atoms with Crippen molar-refractivity contribution < 1.29 is 0 Å². The van der Waals surface area contributed by atoms with Gasteiger partial charge in [-0.1, -0.05) is 30.3 Å². The number of anilines is 1. The number of nitrogen functional groups attached to an aromatic ring is 1. The van der Waals surface area contributed by atoms with Gasteiger partial charge in [0.2, 0.25) is 5.95 Å². The molecule has 3 heterocycles. The standard InChI is InChI=1S/C18H18N6O/c19-18-20-8-12(9-21-18)10-24-7-6-15-14(11-24)17(25)23-16(22-15)13-4-2-1-3-5-13/h1-5,8-9H,6-7,10-11H2,(H2,19,20,21)(H,22,23,25). The van der Waals surface area contributed by atoms with Gasteiger partial charge in [-0.25, -0.2) is 15.0 Å². The largest absolute Gasteiger partial charge is 0.368 e. The number of nitrogens with two attached hydrogens (primary N) is 1. The summed E-state index contributed by atoms with van der Waals surface area (Å²) in [6, 6.07) is 9.71. The van der Waals surface area contributed by atoms with Crippen molar-refractivity contribution in [3.8, 4) is 11.4 Å². The SMILES string of the molecule is Nc1ncc(CN2CCc3nc(-c4ccccc4)[nH]c(=O)c3C2)cn1. The van der Waals surface area contributed by atoms with Crippen LogP contribution in [0.15, 0.2) is 47.5 Å². The first-order chi connectivity index (χ1) is 12.2. The van der Waals surface area contributed by atoms with Gasteiger partial charge in [-0.3, -0.25) is 9.69 Å². The van der Waals surface area contributed by atoms with Crippen molar-refractivity contribution >= 4 is 5.95 Å². The Morgan fingerprint density at radius 2 is 1.92 bits per heavy atom. The number of nitrogens with one attached hydrogen (secondary N) is 1. The summed E-state index contributed by atoms with van der Waals surface area (Å²) in [5, 5.41) is 0. The number of hydrogen-bond acceptors (Lipinski definition) is 6. The first kappa shape index (κ1) is 15.5. The van der Waals surface area contributed by atoms with Crippen molar-refractivity contribution in [3.05, 3.63) is 69.9 Å². The predicted octanol–water partition coefficient (Wildman–Crippen LogP) is 1.37. The summed E-state index contributed by atoms with van der Waals surface area (Å²) >= 11 is 0. The van der Waals surface area contributed by atoms with Gasteiger partial charge in [0, 0.05) is 49.6 Å². The number of H-pyrrole nitrogens is 1. The van der Waals surface area contributed by atoms with Crippen LogP contribution in [0.2, 0.25) is 0 Å². The molecular formula is C18H18N6O. The van der Waals surface area contributed by atoms with Crippen molar-refractivity contribution in [2.75, 3.05) is 12.3 Å². The molecule has 0 amide bonds. The highest BCUT2D eigenvalue weighted by Crippen LogP contribution is 2.19. The minimum atomic E-state index is -0.0675. The third-order valence-electron chi connectivity index (χ3n) is 4.33. The molecule has 3 N–H and O–H groups in total. The van der Waals surface area contributed by atoms with Crippen LogP contribution in [0.25, 0.3) is 11.4 Å². The lowest BCUT2D eigenvalue weighted by molar-refractivity contribution is 0.241. The molecule has 126 valence electrons. The topological polar surface area (TPSA) is 101 Å². The molecule has 4 rings (SSSR count). The second kappa shape index (κ2) is 6.45. The smallest absolute Gasteiger partial charge is 0.255 e. The van der Waals surface area contributed by atoms with E-state index in [4.69, 9.17) is 5.73 Å². The lowest BCUT2D eigenvalue weighted by Gasteiger charge is -2.27. The Morgan fingerprint density at radius 1 is 1.16 bits per heavy atom. The summed E-state index contributed by atoms with van der Waals surface area (Å²) < 4.78 is 0. The lowest BCUT2D eigenvalue weighted by Crippen LogP contribution is -2.35. The van der Waals surface area contributed by atoms with Gasteiger partial charge < -0.3 is 10.7 Å². The van der Waals surface area contributed by atoms with Crippen LogP contribution in [-0.2, 0) is 19.5 Å². The quantitative estimate of drug-likeness (QED) is 0.750. The van der Waals surface area contributed by atoms with E-state index in [2.05, 4.69) is 24.8 Å². The Kier molecular flexibility index (Phi) is 3.99. The monoisotopic (exact) mass is 334 g/mol. The first-order valence-corrected chi connectivity index (χ1v) is 8.15. The van der Waals surface area contributed by atoms with Crippen LogP contribution in [0.5, 0.6) is 0 Å². The number of fused-ring (bicyclic) bond motifs is 1. The Labute approximate surface area is 144 Å². The molecule has 2 aromatic heterocycles. The van der Waals surface area contributed by atoms with Gasteiger partial charge in [0.05, 0.1) is 11.3 Å². The zero-order valence-corrected chi connectivity index (χ0v) is 13.6. The second-order valence-corrected chi connectivity index (χ2v) is 6.12. The third kappa shape index (κ3) is 3.27. The molecule has 7 nitrogen and oxygen atoms in total. The van der Waals surface area contributed by atoms with E-state index < -0.39 is 0 Å². The number of aromatic amines is 1. The van der Waals surface area contributed by atoms with Crippen molar-refractivity contribution in [1.29, 1.82) is 0 Å². The molecule has 0 saturated carbocycles. The first-order valence-electron chi connectivity index (χ1n) is 8.15. The fraction of sp³-hybridized carbons (Fsp3) is 0.222. The highest BCUT2D eigenvalue weighted by atomic mass is 16.1. The molecule has 1 aliphatic heterocycles. The predicted molar refractivity (Wildman–Crippen MR) is 94.6 cm³/mol. The highest BCUT2D eigenvalue weighted by Gasteiger charge is 2.21. The molecule has 0 fully saturated rings. The summed E-state index contributed by atoms with van der Waals surface area (Å²) in [6.45, 7) is 2.08. The van der Waals surface area contributed by atoms with E-state index >= 15 is 0 Å². The average molecular weight is 334 g/mol. The van der Waals surface area contributed by atoms with E-state index in [0.717, 1.165) is 35.3 Å². The maximum Gasteiger partial charge on any atom is 0.255 e. The number of benzene rings is 1. The molecular weight excluding hydrogens is 316 g/mol. The van der Waals surface area contributed by atoms with Crippen LogP contribution in [0.1, 0.15) is 16.8 Å². The van der Waals surface area contributed by atoms with Gasteiger partial charge in [0.1, 0.15) is 5.82 Å². The normalized spacial score (nSPS) is 14.2. The Morgan fingerprint density at radius 3 is 2.68 bits per heavy atom. The van der Waals surface area contributed by atoms with Crippen LogP contribution in [0.3, 0.4) is 0 Å². The molecule has 1 aromatic carbocycles. The van der Waals surface area contributed by atoms with Gasteiger partial charge in [-0.15, -0.1) is 0 Å². The van der Waals surface area contributed by atoms with Gasteiger partial charge >= 0.3 is 0 Å². The Balaban J connectivity index is 1.57. The molecule has 0 atom stereocenters. The van der Waals surface area contributed by atoms with Crippen LogP contribution in [0.4, 0.5) is 5.95 Å². The maximum atomic E-state index is 12.5. The van der Waals surface area contributed by atoms with Crippen molar-refractivity contribution in [2.24, 2.45) is 0 Å². The molecule has 25 heavy (non-hydrogen) atoms. The van der Waals surface area contributed by atoms with Crippen LogP contribution in [0, 0.1) is 0 Å². The lowest BCUT2D eigenvalue weighted by atomic mass is 10.1. The van der Waals surface area contributed by atoms with E-state index in [1.54, 1.807) is 12.4 Å². The molecule has 0 aliphatic carbocycles. The number of hydrogen-bond donors (Lipinski definition) is 2. The van der Waals surface area contributed by atoms with E-state index in [-0.39, 0.29) is 11.5 Å². The molecule has 0 radical (unpaired) electrons. The van der Waals surface area contributed by atoms with Crippen LogP contribution >= 0.6 is 0 Å². The van der Waals surface area contributed by atoms with Crippen molar-refractivity contribution in [1.82, 2.24) is 24.8 Å². The fourth-order valence-electron chi connectivity index (χ4n) is 3.05. The summed E-state index contributed by atoms with van der Waals surface area (Å²) in [7, 11) is 0. The van der Waals surface area contributed by atoms with Gasteiger partial charge in [-0.2, -0.15) is 0 Å². The summed E-state index contributed by atoms with van der Waals surface area (Å²) in [5.41, 5.74) is 8.96. The van der Waals surface area contributed by atoms with Gasteiger partial charge in [0.25, 0.3) is 5.56 Å². The van der Waals surface area contributed by atoms with Crippen molar-refractivity contribution in [2.45, 2.75) is 19.5 Å². The van der Waals surface area contributed by atoms with E-state index in [1.165, 1.54) is 0 Å². The molecule has 0 spiro atoms. The Hall–Kier alpha value is -3.06. The number of nitrogens with zero attached hydrogens (tertiary/aromatic N) is 4. The summed E-state index contributed by atoms with van der Waals surface area (Å²) in [5.74, 6) is 0.895. The molecule has 0 unspecified atom stereocenters. The molecule has 3 aromatic rings. The Bertz CT molecular complexity index is 936. The van der Waals surface area contributed by atoms with Crippen LogP contribution < -0.4 is 11.3 Å². The van der Waals surface area contributed by atoms with E-state index in [9.17, 15) is 4.79 Å². The van der Waals surface area contributed by atoms with E-state index in [1.807, 2.05) is 30.3 Å². The van der Waals surface area contributed by atoms with E-state index in [0.29, 0.717) is 18.9 Å². The molecule has 0 saturated heterocycles. The number of rotatable bonds is 3. The number of aromatic nitrogens is 4. The van der Waals surface area contributed by atoms with Gasteiger partial charge in [-0.05, 0) is 0 Å². The second-order valence-electron chi connectivity index (χ2n) is 6.12. The zero-order valence-electron chi connectivity index (χ0n) is 13.6. The summed E-state index contributed by atoms with van der Waals surface area (Å²) in [6.07, 6.45) is 4.19. The zero-order chi connectivity index (χ0) is 17.2. The van der Waals surface area contributed by atoms with Crippen molar-refractivity contribution in [3.63, 3.8) is 0 Å². The minimum Gasteiger partial charge on any atom is -0.368 e. The van der Waals surface area contributed by atoms with Gasteiger partial charge in [0.15, 0.2) is 0 Å². The minimum absolute atomic E-state index is 0.0675. The highest BCUT2D eigenvalue weighted by molar-refractivity contribution is 5.54. The molecule has 0 bridgehead atoms.